The summed E-state index contributed by atoms with van der Waals surface area (Å²) in [4.78, 5) is 31.3. The lowest BCUT2D eigenvalue weighted by molar-refractivity contribution is -0.689. The van der Waals surface area contributed by atoms with E-state index in [0.717, 1.165) is 16.1 Å². The molecule has 2 aromatic rings. The van der Waals surface area contributed by atoms with E-state index in [-0.39, 0.29) is 31.9 Å². The average molecular weight is 401 g/mol. The van der Waals surface area contributed by atoms with E-state index in [1.807, 2.05) is 12.4 Å². The van der Waals surface area contributed by atoms with Crippen molar-refractivity contribution in [3.05, 3.63) is 33.7 Å². The van der Waals surface area contributed by atoms with Crippen LogP contribution in [-0.4, -0.2) is 33.6 Å². The summed E-state index contributed by atoms with van der Waals surface area (Å²) >= 11 is 1.57. The molecule has 26 heavy (non-hydrogen) atoms. The number of aliphatic carboxylic acids is 1. The highest BCUT2D eigenvalue weighted by atomic mass is 35.5. The molecule has 0 amide bonds. The van der Waals surface area contributed by atoms with Gasteiger partial charge in [0.05, 0.1) is 29.9 Å². The van der Waals surface area contributed by atoms with E-state index in [0.29, 0.717) is 24.6 Å². The van der Waals surface area contributed by atoms with Crippen LogP contribution in [0.15, 0.2) is 11.7 Å². The van der Waals surface area contributed by atoms with Gasteiger partial charge in [-0.3, -0.25) is 9.59 Å². The van der Waals surface area contributed by atoms with Crippen LogP contribution in [0.1, 0.15) is 34.8 Å². The number of aryl methyl sites for hydroxylation is 1. The minimum atomic E-state index is -1.01. The minimum Gasteiger partial charge on any atom is -1.00 e. The molecule has 8 nitrogen and oxygen atoms in total. The van der Waals surface area contributed by atoms with E-state index < -0.39 is 11.9 Å². The Morgan fingerprint density at radius 2 is 2.08 bits per heavy atom. The summed E-state index contributed by atoms with van der Waals surface area (Å²) in [6.45, 7) is 4.59. The molecule has 0 radical (unpaired) electrons. The Kier molecular flexibility index (Phi) is 8.40. The highest BCUT2D eigenvalue weighted by Gasteiger charge is 2.18. The Morgan fingerprint density at radius 1 is 1.35 bits per heavy atom. The SMILES string of the molecule is Cc1ncc(C[n+]2csc(CCOC(=O)CCC(=O)O)c2C)c(N)n1.[Cl-]. The molecule has 0 aliphatic heterocycles. The van der Waals surface area contributed by atoms with Crippen molar-refractivity contribution in [2.45, 2.75) is 39.7 Å². The number of ether oxygens (including phenoxy) is 1. The monoisotopic (exact) mass is 400 g/mol. The third-order valence-corrected chi connectivity index (χ3v) is 4.79. The van der Waals surface area contributed by atoms with Crippen molar-refractivity contribution in [1.82, 2.24) is 9.97 Å². The van der Waals surface area contributed by atoms with Crippen molar-refractivity contribution < 1.29 is 36.4 Å². The largest absolute Gasteiger partial charge is 1.00 e. The first-order valence-corrected chi connectivity index (χ1v) is 8.66. The van der Waals surface area contributed by atoms with Crippen molar-refractivity contribution >= 4 is 29.1 Å². The number of aromatic nitrogens is 3. The maximum Gasteiger partial charge on any atom is 0.306 e. The molecule has 142 valence electrons. The van der Waals surface area contributed by atoms with E-state index in [9.17, 15) is 9.59 Å². The number of nitrogen functional groups attached to an aromatic ring is 1. The fourth-order valence-corrected chi connectivity index (χ4v) is 3.18. The molecule has 10 heteroatoms. The molecule has 0 saturated heterocycles. The summed E-state index contributed by atoms with van der Waals surface area (Å²) in [6.07, 6.45) is 2.00. The van der Waals surface area contributed by atoms with Crippen molar-refractivity contribution in [1.29, 1.82) is 0 Å². The van der Waals surface area contributed by atoms with Crippen molar-refractivity contribution in [2.75, 3.05) is 12.3 Å². The summed E-state index contributed by atoms with van der Waals surface area (Å²) in [5.74, 6) is -0.390. The fraction of sp³-hybridized carbons (Fsp3) is 0.438. The van der Waals surface area contributed by atoms with Gasteiger partial charge < -0.3 is 28.0 Å². The van der Waals surface area contributed by atoms with E-state index in [2.05, 4.69) is 14.5 Å². The molecule has 0 bridgehead atoms. The van der Waals surface area contributed by atoms with Crippen molar-refractivity contribution in [3.8, 4) is 0 Å². The Morgan fingerprint density at radius 3 is 2.73 bits per heavy atom. The fourth-order valence-electron chi connectivity index (χ4n) is 2.20. The van der Waals surface area contributed by atoms with Crippen LogP contribution in [-0.2, 0) is 27.3 Å². The van der Waals surface area contributed by atoms with Crippen molar-refractivity contribution in [3.63, 3.8) is 0 Å². The van der Waals surface area contributed by atoms with Crippen molar-refractivity contribution in [2.24, 2.45) is 0 Å². The van der Waals surface area contributed by atoms with Crippen LogP contribution < -0.4 is 22.7 Å². The second kappa shape index (κ2) is 10.0. The summed E-state index contributed by atoms with van der Waals surface area (Å²) in [5.41, 5.74) is 9.82. The lowest BCUT2D eigenvalue weighted by Gasteiger charge is -2.03. The molecule has 2 heterocycles. The Bertz CT molecular complexity index is 782. The maximum atomic E-state index is 11.4. The standard InChI is InChI=1S/C16H20N4O4S.ClH/c1-10-13(5-6-24-15(23)4-3-14(21)22)25-9-20(10)8-12-7-18-11(2)19-16(12)17;/h7,9H,3-6,8H2,1-2H3,(H2-,17,18,19,21,22);1H. The molecule has 0 spiro atoms. The number of carboxylic acids is 1. The van der Waals surface area contributed by atoms with Gasteiger partial charge in [-0.25, -0.2) is 9.97 Å². The lowest BCUT2D eigenvalue weighted by Crippen LogP contribution is -3.00. The number of halogens is 1. The van der Waals surface area contributed by atoms with Gasteiger partial charge in [-0.05, 0) is 6.92 Å². The third-order valence-electron chi connectivity index (χ3n) is 3.65. The topological polar surface area (TPSA) is 119 Å². The summed E-state index contributed by atoms with van der Waals surface area (Å²) in [7, 11) is 0. The number of esters is 1. The first kappa shape index (κ1) is 21.8. The van der Waals surface area contributed by atoms with Crippen LogP contribution in [0.25, 0.3) is 0 Å². The Labute approximate surface area is 161 Å². The van der Waals surface area contributed by atoms with Gasteiger partial charge in [0.2, 0.25) is 5.51 Å². The summed E-state index contributed by atoms with van der Waals surface area (Å²) in [5, 5.41) is 8.53. The molecule has 0 atom stereocenters. The number of hydrogen-bond acceptors (Lipinski definition) is 7. The van der Waals surface area contributed by atoms with Crippen LogP contribution in [0.5, 0.6) is 0 Å². The normalized spacial score (nSPS) is 10.2. The zero-order chi connectivity index (χ0) is 18.4. The maximum absolute atomic E-state index is 11.4. The highest BCUT2D eigenvalue weighted by molar-refractivity contribution is 7.09. The molecule has 3 N–H and O–H groups in total. The molecule has 0 fully saturated rings. The van der Waals surface area contributed by atoms with Gasteiger partial charge in [0.15, 0.2) is 12.2 Å². The number of carbonyl (C=O) groups excluding carboxylic acids is 1. The van der Waals surface area contributed by atoms with Gasteiger partial charge >= 0.3 is 11.9 Å². The van der Waals surface area contributed by atoms with E-state index in [1.54, 1.807) is 24.5 Å². The van der Waals surface area contributed by atoms with Gasteiger partial charge in [0.25, 0.3) is 0 Å². The van der Waals surface area contributed by atoms with E-state index >= 15 is 0 Å². The zero-order valence-electron chi connectivity index (χ0n) is 14.6. The Hall–Kier alpha value is -2.26. The first-order chi connectivity index (χ1) is 11.9. The number of nitrogens with zero attached hydrogens (tertiary/aromatic N) is 3. The van der Waals surface area contributed by atoms with Gasteiger partial charge in [-0.2, -0.15) is 4.57 Å². The number of carboxylic acid groups (broad SMARTS) is 1. The molecule has 0 saturated carbocycles. The molecule has 0 unspecified atom stereocenters. The third kappa shape index (κ3) is 6.23. The number of anilines is 1. The number of hydrogen-bond donors (Lipinski definition) is 2. The van der Waals surface area contributed by atoms with Crippen LogP contribution in [0.3, 0.4) is 0 Å². The van der Waals surface area contributed by atoms with Gasteiger partial charge in [-0.15, -0.1) is 0 Å². The second-order valence-electron chi connectivity index (χ2n) is 5.55. The first-order valence-electron chi connectivity index (χ1n) is 7.78. The zero-order valence-corrected chi connectivity index (χ0v) is 16.1. The molecule has 2 rings (SSSR count). The number of nitrogens with two attached hydrogens (primary N) is 1. The van der Waals surface area contributed by atoms with Crippen LogP contribution >= 0.6 is 11.3 Å². The molecular formula is C16H21ClN4O4S. The number of thiazole rings is 1. The van der Waals surface area contributed by atoms with Gasteiger partial charge in [-0.1, -0.05) is 11.3 Å². The predicted molar refractivity (Wildman–Crippen MR) is 91.1 cm³/mol. The molecular weight excluding hydrogens is 380 g/mol. The molecule has 2 aromatic heterocycles. The Balaban J connectivity index is 0.00000338. The van der Waals surface area contributed by atoms with Gasteiger partial charge in [0.1, 0.15) is 11.6 Å². The van der Waals surface area contributed by atoms with E-state index in [1.165, 1.54) is 0 Å². The van der Waals surface area contributed by atoms with Crippen LogP contribution in [0.4, 0.5) is 5.82 Å². The molecule has 0 aromatic carbocycles. The average Bonchev–Trinajstić information content (AvgIpc) is 2.89. The van der Waals surface area contributed by atoms with Crippen LogP contribution in [0.2, 0.25) is 0 Å². The number of rotatable bonds is 8. The molecule has 0 aliphatic carbocycles. The van der Waals surface area contributed by atoms with E-state index in [4.69, 9.17) is 15.6 Å². The highest BCUT2D eigenvalue weighted by Crippen LogP contribution is 2.14. The summed E-state index contributed by atoms with van der Waals surface area (Å²) < 4.78 is 7.12. The van der Waals surface area contributed by atoms with Gasteiger partial charge in [0, 0.05) is 19.5 Å². The number of carbonyl (C=O) groups is 2. The second-order valence-corrected chi connectivity index (χ2v) is 6.49. The quantitative estimate of drug-likeness (QED) is 0.389. The smallest absolute Gasteiger partial charge is 0.306 e. The lowest BCUT2D eigenvalue weighted by atomic mass is 10.2. The predicted octanol–water partition coefficient (Wildman–Crippen LogP) is -1.97. The minimum absolute atomic E-state index is 0. The molecule has 0 aliphatic rings. The van der Waals surface area contributed by atoms with Crippen LogP contribution in [0, 0.1) is 13.8 Å². The summed E-state index contributed by atoms with van der Waals surface area (Å²) in [6, 6.07) is 0.